The van der Waals surface area contributed by atoms with Gasteiger partial charge in [0.15, 0.2) is 0 Å². The van der Waals surface area contributed by atoms with Crippen molar-refractivity contribution in [2.75, 3.05) is 42.7 Å². The van der Waals surface area contributed by atoms with Gasteiger partial charge in [-0.3, -0.25) is 4.79 Å². The molecule has 2 heterocycles. The molecule has 1 amide bonds. The van der Waals surface area contributed by atoms with Crippen LogP contribution in [0.2, 0.25) is 0 Å². The van der Waals surface area contributed by atoms with Gasteiger partial charge in [-0.1, -0.05) is 0 Å². The van der Waals surface area contributed by atoms with E-state index in [9.17, 15) is 4.79 Å². The molecule has 0 saturated carbocycles. The Balaban J connectivity index is 1.63. The molecular weight excluding hydrogens is 286 g/mol. The standard InChI is InChI=1S/C15H21N3O2S/c16-11-1-2-14-13(9-11)18(5-8-21-14)10-15(19)17-12-3-6-20-7-4-12/h1-2,9,12H,3-8,10,16H2,(H,17,19). The van der Waals surface area contributed by atoms with Crippen LogP contribution in [0.25, 0.3) is 0 Å². The molecule has 2 aliphatic heterocycles. The van der Waals surface area contributed by atoms with Crippen molar-refractivity contribution < 1.29 is 9.53 Å². The number of amides is 1. The number of rotatable bonds is 3. The van der Waals surface area contributed by atoms with E-state index in [-0.39, 0.29) is 11.9 Å². The van der Waals surface area contributed by atoms with E-state index < -0.39 is 0 Å². The van der Waals surface area contributed by atoms with Crippen molar-refractivity contribution in [2.24, 2.45) is 0 Å². The van der Waals surface area contributed by atoms with E-state index in [0.29, 0.717) is 6.54 Å². The van der Waals surface area contributed by atoms with Gasteiger partial charge >= 0.3 is 0 Å². The third-order valence-corrected chi connectivity index (χ3v) is 4.91. The maximum Gasteiger partial charge on any atom is 0.239 e. The van der Waals surface area contributed by atoms with Crippen molar-refractivity contribution in [2.45, 2.75) is 23.8 Å². The van der Waals surface area contributed by atoms with Crippen LogP contribution in [0.15, 0.2) is 23.1 Å². The molecule has 1 aromatic rings. The summed E-state index contributed by atoms with van der Waals surface area (Å²) in [7, 11) is 0. The highest BCUT2D eigenvalue weighted by Gasteiger charge is 2.22. The Morgan fingerprint density at radius 2 is 2.24 bits per heavy atom. The lowest BCUT2D eigenvalue weighted by Gasteiger charge is -2.31. The predicted molar refractivity (Wildman–Crippen MR) is 85.8 cm³/mol. The summed E-state index contributed by atoms with van der Waals surface area (Å²) < 4.78 is 5.31. The summed E-state index contributed by atoms with van der Waals surface area (Å²) >= 11 is 1.82. The van der Waals surface area contributed by atoms with Crippen LogP contribution >= 0.6 is 11.8 Å². The first kappa shape index (κ1) is 14.5. The van der Waals surface area contributed by atoms with Gasteiger partial charge in [-0.15, -0.1) is 11.8 Å². The summed E-state index contributed by atoms with van der Waals surface area (Å²) in [5.41, 5.74) is 7.69. The lowest BCUT2D eigenvalue weighted by Crippen LogP contribution is -2.45. The fraction of sp³-hybridized carbons (Fsp3) is 0.533. The Morgan fingerprint density at radius 3 is 3.05 bits per heavy atom. The number of hydrogen-bond donors (Lipinski definition) is 2. The number of anilines is 2. The molecule has 3 rings (SSSR count). The van der Waals surface area contributed by atoms with Crippen molar-refractivity contribution >= 4 is 29.0 Å². The number of hydrogen-bond acceptors (Lipinski definition) is 5. The zero-order valence-corrected chi connectivity index (χ0v) is 12.8. The Labute approximate surface area is 129 Å². The van der Waals surface area contributed by atoms with Crippen LogP contribution in [-0.2, 0) is 9.53 Å². The number of carbonyl (C=O) groups is 1. The van der Waals surface area contributed by atoms with Crippen molar-refractivity contribution in [1.29, 1.82) is 0 Å². The molecule has 1 aromatic carbocycles. The molecule has 1 saturated heterocycles. The van der Waals surface area contributed by atoms with E-state index in [1.54, 1.807) is 0 Å². The summed E-state index contributed by atoms with van der Waals surface area (Å²) in [6.07, 6.45) is 1.82. The Morgan fingerprint density at radius 1 is 1.43 bits per heavy atom. The number of ether oxygens (including phenoxy) is 1. The number of nitrogens with two attached hydrogens (primary N) is 1. The highest BCUT2D eigenvalue weighted by Crippen LogP contribution is 2.35. The van der Waals surface area contributed by atoms with E-state index in [1.165, 1.54) is 4.90 Å². The molecule has 0 radical (unpaired) electrons. The van der Waals surface area contributed by atoms with Crippen LogP contribution in [-0.4, -0.2) is 44.0 Å². The van der Waals surface area contributed by atoms with E-state index in [4.69, 9.17) is 10.5 Å². The molecule has 2 aliphatic rings. The topological polar surface area (TPSA) is 67.6 Å². The first-order valence-electron chi connectivity index (χ1n) is 7.37. The van der Waals surface area contributed by atoms with Gasteiger partial charge in [-0.2, -0.15) is 0 Å². The quantitative estimate of drug-likeness (QED) is 0.828. The molecular formula is C15H21N3O2S. The van der Waals surface area contributed by atoms with E-state index in [1.807, 2.05) is 30.0 Å². The summed E-state index contributed by atoms with van der Waals surface area (Å²) in [6, 6.07) is 6.17. The van der Waals surface area contributed by atoms with Crippen LogP contribution in [0.1, 0.15) is 12.8 Å². The number of thioether (sulfide) groups is 1. The molecule has 5 nitrogen and oxygen atoms in total. The number of benzene rings is 1. The van der Waals surface area contributed by atoms with Crippen LogP contribution < -0.4 is 16.0 Å². The molecule has 0 unspecified atom stereocenters. The average Bonchev–Trinajstić information content (AvgIpc) is 2.49. The predicted octanol–water partition coefficient (Wildman–Crippen LogP) is 1.48. The molecule has 114 valence electrons. The fourth-order valence-electron chi connectivity index (χ4n) is 2.74. The highest BCUT2D eigenvalue weighted by atomic mass is 32.2. The first-order valence-corrected chi connectivity index (χ1v) is 8.35. The van der Waals surface area contributed by atoms with E-state index in [0.717, 1.165) is 49.7 Å². The van der Waals surface area contributed by atoms with Gasteiger partial charge in [0.2, 0.25) is 5.91 Å². The molecule has 1 fully saturated rings. The number of fused-ring (bicyclic) bond motifs is 1. The minimum Gasteiger partial charge on any atom is -0.399 e. The van der Waals surface area contributed by atoms with Gasteiger partial charge in [0, 0.05) is 42.1 Å². The number of nitrogens with zero attached hydrogens (tertiary/aromatic N) is 1. The minimum absolute atomic E-state index is 0.0853. The fourth-order valence-corrected chi connectivity index (χ4v) is 3.77. The van der Waals surface area contributed by atoms with Gasteiger partial charge in [-0.05, 0) is 31.0 Å². The SMILES string of the molecule is Nc1ccc2c(c1)N(CC(=O)NC1CCOCC1)CCS2. The first-order chi connectivity index (χ1) is 10.2. The maximum atomic E-state index is 12.2. The number of nitrogens with one attached hydrogen (secondary N) is 1. The summed E-state index contributed by atoms with van der Waals surface area (Å²) in [5, 5.41) is 3.11. The van der Waals surface area contributed by atoms with Gasteiger partial charge in [0.1, 0.15) is 0 Å². The van der Waals surface area contributed by atoms with Gasteiger partial charge < -0.3 is 20.7 Å². The lowest BCUT2D eigenvalue weighted by atomic mass is 10.1. The number of nitrogen functional groups attached to an aromatic ring is 1. The van der Waals surface area contributed by atoms with Gasteiger partial charge in [0.25, 0.3) is 0 Å². The molecule has 0 aromatic heterocycles. The zero-order valence-electron chi connectivity index (χ0n) is 12.0. The Bertz CT molecular complexity index is 518. The van der Waals surface area contributed by atoms with Gasteiger partial charge in [-0.25, -0.2) is 0 Å². The molecule has 3 N–H and O–H groups in total. The minimum atomic E-state index is 0.0853. The van der Waals surface area contributed by atoms with Crippen molar-refractivity contribution in [3.05, 3.63) is 18.2 Å². The molecule has 0 atom stereocenters. The average molecular weight is 307 g/mol. The van der Waals surface area contributed by atoms with Crippen molar-refractivity contribution in [1.82, 2.24) is 5.32 Å². The molecule has 0 aliphatic carbocycles. The summed E-state index contributed by atoms with van der Waals surface area (Å²) in [6.45, 7) is 2.76. The Kier molecular flexibility index (Phi) is 4.55. The lowest BCUT2D eigenvalue weighted by molar-refractivity contribution is -0.121. The largest absolute Gasteiger partial charge is 0.399 e. The second-order valence-corrected chi connectivity index (χ2v) is 6.59. The smallest absolute Gasteiger partial charge is 0.239 e. The van der Waals surface area contributed by atoms with E-state index >= 15 is 0 Å². The monoisotopic (exact) mass is 307 g/mol. The van der Waals surface area contributed by atoms with Crippen LogP contribution in [0, 0.1) is 0 Å². The third-order valence-electron chi connectivity index (χ3n) is 3.86. The molecule has 0 bridgehead atoms. The maximum absolute atomic E-state index is 12.2. The third kappa shape index (κ3) is 3.63. The van der Waals surface area contributed by atoms with Crippen molar-refractivity contribution in [3.8, 4) is 0 Å². The van der Waals surface area contributed by atoms with Crippen molar-refractivity contribution in [3.63, 3.8) is 0 Å². The highest BCUT2D eigenvalue weighted by molar-refractivity contribution is 7.99. The van der Waals surface area contributed by atoms with E-state index in [2.05, 4.69) is 10.2 Å². The molecule has 0 spiro atoms. The number of carbonyl (C=O) groups excluding carboxylic acids is 1. The summed E-state index contributed by atoms with van der Waals surface area (Å²) in [5.74, 6) is 1.09. The second kappa shape index (κ2) is 6.58. The molecule has 6 heteroatoms. The normalized spacial score (nSPS) is 19.1. The van der Waals surface area contributed by atoms with Crippen LogP contribution in [0.5, 0.6) is 0 Å². The van der Waals surface area contributed by atoms with Gasteiger partial charge in [0.05, 0.1) is 12.2 Å². The molecule has 21 heavy (non-hydrogen) atoms. The van der Waals surface area contributed by atoms with Crippen LogP contribution in [0.3, 0.4) is 0 Å². The summed E-state index contributed by atoms with van der Waals surface area (Å²) in [4.78, 5) is 15.6. The van der Waals surface area contributed by atoms with Crippen LogP contribution in [0.4, 0.5) is 11.4 Å². The Hall–Kier alpha value is -1.40. The zero-order chi connectivity index (χ0) is 14.7. The second-order valence-electron chi connectivity index (χ2n) is 5.45.